The highest BCUT2D eigenvalue weighted by Crippen LogP contribution is 2.15. The van der Waals surface area contributed by atoms with Crippen LogP contribution in [-0.2, 0) is 15.8 Å². The Kier molecular flexibility index (Phi) is 5.16. The van der Waals surface area contributed by atoms with Gasteiger partial charge in [0.2, 0.25) is 10.0 Å². The van der Waals surface area contributed by atoms with Crippen LogP contribution in [0.3, 0.4) is 0 Å². The van der Waals surface area contributed by atoms with Crippen LogP contribution < -0.4 is 4.72 Å². The maximum atomic E-state index is 12.0. The van der Waals surface area contributed by atoms with Crippen LogP contribution in [0.5, 0.6) is 0 Å². The molecule has 0 fully saturated rings. The second kappa shape index (κ2) is 5.98. The summed E-state index contributed by atoms with van der Waals surface area (Å²) in [4.78, 5) is 0. The van der Waals surface area contributed by atoms with Crippen molar-refractivity contribution in [1.82, 2.24) is 4.72 Å². The van der Waals surface area contributed by atoms with Crippen LogP contribution >= 0.6 is 15.9 Å². The summed E-state index contributed by atoms with van der Waals surface area (Å²) in [6, 6.07) is 9.19. The summed E-state index contributed by atoms with van der Waals surface area (Å²) in [5.41, 5.74) is 0.376. The quantitative estimate of drug-likeness (QED) is 0.819. The molecule has 0 saturated carbocycles. The van der Waals surface area contributed by atoms with Gasteiger partial charge >= 0.3 is 0 Å². The van der Waals surface area contributed by atoms with Gasteiger partial charge < -0.3 is 0 Å². The smallest absolute Gasteiger partial charge is 0.212 e. The Bertz CT molecular complexity index is 441. The van der Waals surface area contributed by atoms with Gasteiger partial charge in [-0.15, -0.1) is 0 Å². The van der Waals surface area contributed by atoms with Gasteiger partial charge in [-0.25, -0.2) is 13.1 Å². The van der Waals surface area contributed by atoms with Gasteiger partial charge in [0, 0.05) is 10.9 Å². The van der Waals surface area contributed by atoms with Gasteiger partial charge in [-0.3, -0.25) is 0 Å². The Morgan fingerprint density at radius 1 is 1.29 bits per heavy atom. The topological polar surface area (TPSA) is 46.2 Å². The molecule has 17 heavy (non-hydrogen) atoms. The molecule has 0 aliphatic heterocycles. The van der Waals surface area contributed by atoms with Crippen molar-refractivity contribution in [3.05, 3.63) is 35.9 Å². The lowest BCUT2D eigenvalue weighted by Gasteiger charge is -2.26. The Balaban J connectivity index is 2.77. The lowest BCUT2D eigenvalue weighted by molar-refractivity contribution is 0.449. The van der Waals surface area contributed by atoms with Gasteiger partial charge in [0.25, 0.3) is 0 Å². The summed E-state index contributed by atoms with van der Waals surface area (Å²) in [7, 11) is -3.30. The highest BCUT2D eigenvalue weighted by atomic mass is 79.9. The predicted molar refractivity (Wildman–Crippen MR) is 74.7 cm³/mol. The largest absolute Gasteiger partial charge is 0.216 e. The van der Waals surface area contributed by atoms with E-state index in [0.29, 0.717) is 5.33 Å². The van der Waals surface area contributed by atoms with Crippen LogP contribution in [0, 0.1) is 0 Å². The average molecular weight is 320 g/mol. The zero-order valence-electron chi connectivity index (χ0n) is 10.1. The van der Waals surface area contributed by atoms with E-state index in [2.05, 4.69) is 20.7 Å². The van der Waals surface area contributed by atoms with Gasteiger partial charge in [0.05, 0.1) is 5.75 Å². The second-order valence-electron chi connectivity index (χ2n) is 4.39. The molecule has 1 aromatic carbocycles. The Morgan fingerprint density at radius 3 is 2.35 bits per heavy atom. The number of sulfonamides is 1. The number of hydrogen-bond donors (Lipinski definition) is 1. The summed E-state index contributed by atoms with van der Waals surface area (Å²) < 4.78 is 26.7. The molecule has 0 saturated heterocycles. The van der Waals surface area contributed by atoms with Gasteiger partial charge in [-0.05, 0) is 18.9 Å². The Morgan fingerprint density at radius 2 is 1.88 bits per heavy atom. The van der Waals surface area contributed by atoms with Crippen molar-refractivity contribution in [3.63, 3.8) is 0 Å². The van der Waals surface area contributed by atoms with Crippen molar-refractivity contribution in [2.24, 2.45) is 0 Å². The fraction of sp³-hybridized carbons (Fsp3) is 0.500. The molecule has 0 amide bonds. The van der Waals surface area contributed by atoms with E-state index in [0.717, 1.165) is 12.0 Å². The molecule has 1 atom stereocenters. The lowest BCUT2D eigenvalue weighted by atomic mass is 10.0. The monoisotopic (exact) mass is 319 g/mol. The van der Waals surface area contributed by atoms with E-state index in [-0.39, 0.29) is 5.75 Å². The summed E-state index contributed by atoms with van der Waals surface area (Å²) >= 11 is 3.34. The lowest BCUT2D eigenvalue weighted by Crippen LogP contribution is -2.47. The first kappa shape index (κ1) is 14.7. The normalized spacial score (nSPS) is 15.5. The average Bonchev–Trinajstić information content (AvgIpc) is 2.29. The molecule has 1 rings (SSSR count). The highest BCUT2D eigenvalue weighted by molar-refractivity contribution is 9.09. The third-order valence-corrected chi connectivity index (χ3v) is 5.43. The molecule has 3 nitrogen and oxygen atoms in total. The molecule has 0 radical (unpaired) electrons. The molecule has 1 unspecified atom stereocenters. The van der Waals surface area contributed by atoms with Crippen LogP contribution in [0.2, 0.25) is 0 Å². The molecule has 0 heterocycles. The minimum atomic E-state index is -3.30. The van der Waals surface area contributed by atoms with Crippen LogP contribution in [0.1, 0.15) is 25.8 Å². The van der Waals surface area contributed by atoms with E-state index in [1.807, 2.05) is 44.2 Å². The molecule has 0 bridgehead atoms. The first-order chi connectivity index (χ1) is 7.91. The van der Waals surface area contributed by atoms with Crippen LogP contribution in [-0.4, -0.2) is 19.3 Å². The van der Waals surface area contributed by atoms with E-state index >= 15 is 0 Å². The number of benzene rings is 1. The zero-order chi connectivity index (χ0) is 12.9. The number of hydrogen-bond acceptors (Lipinski definition) is 2. The highest BCUT2D eigenvalue weighted by Gasteiger charge is 2.26. The molecule has 0 spiro atoms. The number of nitrogens with one attached hydrogen (secondary N) is 1. The molecule has 1 aromatic rings. The van der Waals surface area contributed by atoms with Crippen LogP contribution in [0.4, 0.5) is 0 Å². The van der Waals surface area contributed by atoms with Crippen molar-refractivity contribution >= 4 is 26.0 Å². The molecule has 5 heteroatoms. The zero-order valence-corrected chi connectivity index (χ0v) is 12.5. The van der Waals surface area contributed by atoms with E-state index in [9.17, 15) is 8.42 Å². The van der Waals surface area contributed by atoms with Crippen molar-refractivity contribution < 1.29 is 8.42 Å². The minimum absolute atomic E-state index is 0.0242. The van der Waals surface area contributed by atoms with Gasteiger partial charge in [-0.2, -0.15) is 0 Å². The fourth-order valence-corrected chi connectivity index (χ4v) is 3.79. The summed E-state index contributed by atoms with van der Waals surface area (Å²) in [5, 5.41) is 0.602. The molecule has 0 aliphatic rings. The fourth-order valence-electron chi connectivity index (χ4n) is 1.40. The third-order valence-electron chi connectivity index (χ3n) is 2.68. The van der Waals surface area contributed by atoms with Gasteiger partial charge in [0.1, 0.15) is 0 Å². The maximum absolute atomic E-state index is 12.0. The van der Waals surface area contributed by atoms with Crippen molar-refractivity contribution in [2.45, 2.75) is 31.6 Å². The Labute approximate surface area is 112 Å². The van der Waals surface area contributed by atoms with E-state index in [4.69, 9.17) is 0 Å². The summed E-state index contributed by atoms with van der Waals surface area (Å²) in [5.74, 6) is 0.0242. The summed E-state index contributed by atoms with van der Waals surface area (Å²) in [6.07, 6.45) is 0.742. The third kappa shape index (κ3) is 4.77. The van der Waals surface area contributed by atoms with Crippen LogP contribution in [0.25, 0.3) is 0 Å². The first-order valence-corrected chi connectivity index (χ1v) is 8.30. The Hall–Kier alpha value is -0.390. The van der Waals surface area contributed by atoms with E-state index in [1.54, 1.807) is 0 Å². The second-order valence-corrected chi connectivity index (χ2v) is 6.68. The minimum Gasteiger partial charge on any atom is -0.212 e. The predicted octanol–water partition coefficient (Wildman–Crippen LogP) is 2.67. The SMILES string of the molecule is CCC(C)(CBr)NS(=O)(=O)Cc1ccccc1. The molecule has 0 aromatic heterocycles. The number of alkyl halides is 1. The summed E-state index contributed by atoms with van der Waals surface area (Å²) in [6.45, 7) is 3.86. The van der Waals surface area contributed by atoms with Crippen molar-refractivity contribution in [3.8, 4) is 0 Å². The van der Waals surface area contributed by atoms with E-state index in [1.165, 1.54) is 0 Å². The molecular formula is C12H18BrNO2S. The number of halogens is 1. The molecule has 0 aliphatic carbocycles. The van der Waals surface area contributed by atoms with Crippen molar-refractivity contribution in [1.29, 1.82) is 0 Å². The molecular weight excluding hydrogens is 302 g/mol. The molecule has 96 valence electrons. The first-order valence-electron chi connectivity index (χ1n) is 5.52. The van der Waals surface area contributed by atoms with E-state index < -0.39 is 15.6 Å². The standard InChI is InChI=1S/C12H18BrNO2S/c1-3-12(2,10-13)14-17(15,16)9-11-7-5-4-6-8-11/h4-8,14H,3,9-10H2,1-2H3. The van der Waals surface area contributed by atoms with Crippen molar-refractivity contribution in [2.75, 3.05) is 5.33 Å². The maximum Gasteiger partial charge on any atom is 0.216 e. The van der Waals surface area contributed by atoms with Gasteiger partial charge in [0.15, 0.2) is 0 Å². The van der Waals surface area contributed by atoms with Gasteiger partial charge in [-0.1, -0.05) is 53.2 Å². The van der Waals surface area contributed by atoms with Crippen LogP contribution in [0.15, 0.2) is 30.3 Å². The number of rotatable bonds is 6. The molecule has 1 N–H and O–H groups in total.